The van der Waals surface area contributed by atoms with Gasteiger partial charge in [0.1, 0.15) is 0 Å². The molecule has 1 aliphatic rings. The molecular weight excluding hydrogens is 304 g/mol. The number of methoxy groups -OCH3 is 1. The molecule has 0 aromatic heterocycles. The van der Waals surface area contributed by atoms with E-state index < -0.39 is 9.84 Å². The van der Waals surface area contributed by atoms with E-state index in [4.69, 9.17) is 4.74 Å². The third-order valence-electron chi connectivity index (χ3n) is 3.19. The van der Waals surface area contributed by atoms with Crippen LogP contribution in [0.3, 0.4) is 0 Å². The fourth-order valence-electron chi connectivity index (χ4n) is 2.24. The lowest BCUT2D eigenvalue weighted by atomic mass is 10.2. The molecule has 0 aliphatic carbocycles. The fraction of sp³-hybridized carbons (Fsp3) is 0.917. The predicted octanol–water partition coefficient (Wildman–Crippen LogP) is 0.0699. The summed E-state index contributed by atoms with van der Waals surface area (Å²) in [4.78, 5) is 13.8. The lowest BCUT2D eigenvalue weighted by Gasteiger charge is -2.28. The first-order chi connectivity index (χ1) is 9.00. The summed E-state index contributed by atoms with van der Waals surface area (Å²) in [6.45, 7) is 4.01. The average molecular weight is 329 g/mol. The van der Waals surface area contributed by atoms with E-state index in [1.165, 1.54) is 0 Å². The monoisotopic (exact) mass is 328 g/mol. The number of sulfone groups is 1. The minimum absolute atomic E-state index is 0. The summed E-state index contributed by atoms with van der Waals surface area (Å²) in [5, 5.41) is 3.00. The Morgan fingerprint density at radius 1 is 1.45 bits per heavy atom. The van der Waals surface area contributed by atoms with Gasteiger partial charge in [-0.15, -0.1) is 12.4 Å². The van der Waals surface area contributed by atoms with Crippen LogP contribution in [0, 0.1) is 0 Å². The molecule has 1 atom stereocenters. The maximum atomic E-state index is 12.1. The molecule has 20 heavy (non-hydrogen) atoms. The van der Waals surface area contributed by atoms with Gasteiger partial charge in [0.15, 0.2) is 9.84 Å². The quantitative estimate of drug-likeness (QED) is 0.638. The van der Waals surface area contributed by atoms with E-state index >= 15 is 0 Å². The van der Waals surface area contributed by atoms with Crippen LogP contribution in [-0.4, -0.2) is 70.1 Å². The van der Waals surface area contributed by atoms with Crippen LogP contribution in [-0.2, 0) is 19.4 Å². The zero-order chi connectivity index (χ0) is 14.3. The van der Waals surface area contributed by atoms with E-state index in [0.717, 1.165) is 6.42 Å². The van der Waals surface area contributed by atoms with Crippen molar-refractivity contribution in [2.24, 2.45) is 0 Å². The topological polar surface area (TPSA) is 75.7 Å². The molecule has 1 N–H and O–H groups in total. The van der Waals surface area contributed by atoms with Crippen molar-refractivity contribution in [2.45, 2.75) is 25.8 Å². The van der Waals surface area contributed by atoms with Crippen LogP contribution in [0.15, 0.2) is 0 Å². The molecule has 1 saturated heterocycles. The number of halogens is 1. The third-order valence-corrected chi connectivity index (χ3v) is 4.94. The van der Waals surface area contributed by atoms with Crippen LogP contribution in [0.2, 0.25) is 0 Å². The second-order valence-electron chi connectivity index (χ2n) is 4.81. The van der Waals surface area contributed by atoms with Gasteiger partial charge in [0.2, 0.25) is 5.91 Å². The number of hydrogen-bond acceptors (Lipinski definition) is 5. The van der Waals surface area contributed by atoms with Crippen LogP contribution >= 0.6 is 12.4 Å². The second kappa shape index (κ2) is 9.55. The Morgan fingerprint density at radius 3 is 2.65 bits per heavy atom. The van der Waals surface area contributed by atoms with Crippen LogP contribution in [0.4, 0.5) is 0 Å². The number of carbonyl (C=O) groups excluding carboxylic acids is 1. The zero-order valence-corrected chi connectivity index (χ0v) is 13.8. The molecule has 8 heteroatoms. The first kappa shape index (κ1) is 19.6. The number of rotatable bonds is 8. The Kier molecular flexibility index (Phi) is 9.37. The zero-order valence-electron chi connectivity index (χ0n) is 12.1. The van der Waals surface area contributed by atoms with Crippen molar-refractivity contribution in [2.75, 3.05) is 44.9 Å². The molecular formula is C12H25ClN2O4S. The van der Waals surface area contributed by atoms with Crippen molar-refractivity contribution in [3.8, 4) is 0 Å². The highest BCUT2D eigenvalue weighted by atomic mass is 35.5. The van der Waals surface area contributed by atoms with Crippen LogP contribution in [0.5, 0.6) is 0 Å². The number of nitrogens with zero attached hydrogens (tertiary/aromatic N) is 1. The highest BCUT2D eigenvalue weighted by Gasteiger charge is 2.33. The van der Waals surface area contributed by atoms with Crippen molar-refractivity contribution < 1.29 is 17.9 Å². The van der Waals surface area contributed by atoms with Gasteiger partial charge in [0.25, 0.3) is 0 Å². The highest BCUT2D eigenvalue weighted by molar-refractivity contribution is 7.91. The molecule has 0 bridgehead atoms. The Balaban J connectivity index is 0.00000361. The Hall–Kier alpha value is -0.370. The number of nitrogens with one attached hydrogen (secondary N) is 1. The maximum absolute atomic E-state index is 12.1. The Bertz CT molecular complexity index is 389. The van der Waals surface area contributed by atoms with Gasteiger partial charge in [-0.1, -0.05) is 6.92 Å². The van der Waals surface area contributed by atoms with E-state index in [2.05, 4.69) is 5.32 Å². The number of amides is 1. The maximum Gasteiger partial charge on any atom is 0.236 e. The van der Waals surface area contributed by atoms with Gasteiger partial charge in [-0.3, -0.25) is 4.79 Å². The van der Waals surface area contributed by atoms with Crippen LogP contribution < -0.4 is 5.32 Å². The molecule has 1 fully saturated rings. The summed E-state index contributed by atoms with van der Waals surface area (Å²) in [7, 11) is -1.35. The normalized spacial score (nSPS) is 20.4. The van der Waals surface area contributed by atoms with E-state index in [0.29, 0.717) is 26.1 Å². The summed E-state index contributed by atoms with van der Waals surface area (Å²) in [6, 6.07) is -0.151. The van der Waals surface area contributed by atoms with E-state index in [9.17, 15) is 13.2 Å². The Morgan fingerprint density at radius 2 is 2.15 bits per heavy atom. The van der Waals surface area contributed by atoms with Gasteiger partial charge >= 0.3 is 0 Å². The molecule has 1 heterocycles. The summed E-state index contributed by atoms with van der Waals surface area (Å²) < 4.78 is 27.9. The minimum atomic E-state index is -2.96. The van der Waals surface area contributed by atoms with Gasteiger partial charge in [-0.2, -0.15) is 0 Å². The van der Waals surface area contributed by atoms with Gasteiger partial charge in [-0.25, -0.2) is 8.42 Å². The molecule has 120 valence electrons. The minimum Gasteiger partial charge on any atom is -0.383 e. The van der Waals surface area contributed by atoms with E-state index in [1.807, 2.05) is 6.92 Å². The van der Waals surface area contributed by atoms with Crippen molar-refractivity contribution in [1.29, 1.82) is 0 Å². The first-order valence-electron chi connectivity index (χ1n) is 6.69. The summed E-state index contributed by atoms with van der Waals surface area (Å²) in [5.41, 5.74) is 0. The van der Waals surface area contributed by atoms with Gasteiger partial charge in [0.05, 0.1) is 24.7 Å². The number of carbonyl (C=O) groups is 1. The van der Waals surface area contributed by atoms with Gasteiger partial charge in [-0.05, 0) is 12.8 Å². The second-order valence-corrected chi connectivity index (χ2v) is 7.04. The van der Waals surface area contributed by atoms with Crippen LogP contribution in [0.1, 0.15) is 19.8 Å². The van der Waals surface area contributed by atoms with E-state index in [1.54, 1.807) is 12.0 Å². The van der Waals surface area contributed by atoms with Gasteiger partial charge < -0.3 is 15.0 Å². The lowest BCUT2D eigenvalue weighted by Crippen LogP contribution is -2.46. The van der Waals surface area contributed by atoms with Crippen molar-refractivity contribution in [3.05, 3.63) is 0 Å². The molecule has 6 nitrogen and oxygen atoms in total. The third kappa shape index (κ3) is 6.39. The molecule has 0 radical (unpaired) electrons. The standard InChI is InChI=1S/C12H24N2O4S.ClH/c1-3-6-14(11-4-8-19(16,17)10-11)12(15)9-13-5-7-18-2;/h11,13H,3-10H2,1-2H3;1H. The van der Waals surface area contributed by atoms with Crippen molar-refractivity contribution in [3.63, 3.8) is 0 Å². The fourth-order valence-corrected chi connectivity index (χ4v) is 3.97. The summed E-state index contributed by atoms with van der Waals surface area (Å²) in [5.74, 6) is 0.277. The van der Waals surface area contributed by atoms with Crippen molar-refractivity contribution in [1.82, 2.24) is 10.2 Å². The number of ether oxygens (including phenoxy) is 1. The van der Waals surface area contributed by atoms with E-state index in [-0.39, 0.29) is 42.4 Å². The molecule has 1 unspecified atom stereocenters. The summed E-state index contributed by atoms with van der Waals surface area (Å²) in [6.07, 6.45) is 1.40. The molecule has 0 saturated carbocycles. The highest BCUT2D eigenvalue weighted by Crippen LogP contribution is 2.18. The smallest absolute Gasteiger partial charge is 0.236 e. The molecule has 1 amide bonds. The Labute approximate surface area is 127 Å². The largest absolute Gasteiger partial charge is 0.383 e. The molecule has 0 spiro atoms. The molecule has 1 aliphatic heterocycles. The number of hydrogen-bond donors (Lipinski definition) is 1. The predicted molar refractivity (Wildman–Crippen MR) is 81.1 cm³/mol. The summed E-state index contributed by atoms with van der Waals surface area (Å²) >= 11 is 0. The SMILES string of the molecule is CCCN(C(=O)CNCCOC)C1CCS(=O)(=O)C1.Cl. The molecule has 0 aromatic carbocycles. The van der Waals surface area contributed by atoms with Crippen molar-refractivity contribution >= 4 is 28.2 Å². The molecule has 1 rings (SSSR count). The average Bonchev–Trinajstić information content (AvgIpc) is 2.71. The van der Waals surface area contributed by atoms with Gasteiger partial charge in [0, 0.05) is 26.2 Å². The lowest BCUT2D eigenvalue weighted by molar-refractivity contribution is -0.132. The molecule has 0 aromatic rings. The first-order valence-corrected chi connectivity index (χ1v) is 8.52. The van der Waals surface area contributed by atoms with Crippen LogP contribution in [0.25, 0.3) is 0 Å².